The van der Waals surface area contributed by atoms with Gasteiger partial charge in [-0.25, -0.2) is 4.98 Å². The van der Waals surface area contributed by atoms with Crippen LogP contribution in [0.2, 0.25) is 0 Å². The van der Waals surface area contributed by atoms with Crippen molar-refractivity contribution in [3.8, 4) is 11.4 Å². The largest absolute Gasteiger partial charge is 0.338 e. The molecule has 1 amide bonds. The summed E-state index contributed by atoms with van der Waals surface area (Å²) < 4.78 is 0. The number of aromatic amines is 1. The van der Waals surface area contributed by atoms with Gasteiger partial charge in [0.05, 0.1) is 11.0 Å². The van der Waals surface area contributed by atoms with Crippen molar-refractivity contribution in [3.05, 3.63) is 82.9 Å². The molecule has 146 valence electrons. The Labute approximate surface area is 174 Å². The van der Waals surface area contributed by atoms with Crippen LogP contribution in [0.4, 0.5) is 5.69 Å². The van der Waals surface area contributed by atoms with Gasteiger partial charge in [-0.15, -0.1) is 0 Å². The number of amides is 1. The second-order valence-electron chi connectivity index (χ2n) is 7.20. The number of rotatable bonds is 5. The van der Waals surface area contributed by atoms with E-state index in [0.717, 1.165) is 33.9 Å². The Bertz CT molecular complexity index is 1120. The summed E-state index contributed by atoms with van der Waals surface area (Å²) in [4.78, 5) is 20.6. The van der Waals surface area contributed by atoms with Crippen LogP contribution in [0.1, 0.15) is 27.0 Å². The van der Waals surface area contributed by atoms with E-state index >= 15 is 0 Å². The smallest absolute Gasteiger partial charge is 0.255 e. The Kier molecular flexibility index (Phi) is 5.41. The van der Waals surface area contributed by atoms with E-state index in [4.69, 9.17) is 4.98 Å². The Hall–Kier alpha value is -3.05. The third-order valence-electron chi connectivity index (χ3n) is 5.04. The summed E-state index contributed by atoms with van der Waals surface area (Å²) in [5.41, 5.74) is 8.08. The fraction of sp³-hybridized carbons (Fsp3) is 0.167. The number of nitrogens with zero attached hydrogens (tertiary/aromatic N) is 1. The van der Waals surface area contributed by atoms with Crippen LogP contribution in [0.5, 0.6) is 0 Å². The number of carbonyl (C=O) groups excluding carboxylic acids is 1. The van der Waals surface area contributed by atoms with E-state index in [1.165, 1.54) is 16.7 Å². The molecule has 4 rings (SSSR count). The maximum absolute atomic E-state index is 12.5. The summed E-state index contributed by atoms with van der Waals surface area (Å²) in [6, 6.07) is 19.7. The van der Waals surface area contributed by atoms with Crippen molar-refractivity contribution in [2.24, 2.45) is 0 Å². The topological polar surface area (TPSA) is 57.8 Å². The molecule has 3 aromatic carbocycles. The van der Waals surface area contributed by atoms with Gasteiger partial charge < -0.3 is 10.3 Å². The number of hydrogen-bond donors (Lipinski definition) is 2. The highest BCUT2D eigenvalue weighted by Crippen LogP contribution is 2.24. The number of hydrogen-bond acceptors (Lipinski definition) is 3. The molecular formula is C24H23N3OS. The first kappa shape index (κ1) is 19.3. The van der Waals surface area contributed by atoms with Crippen molar-refractivity contribution in [2.75, 3.05) is 11.6 Å². The first-order valence-electron chi connectivity index (χ1n) is 9.50. The van der Waals surface area contributed by atoms with Crippen molar-refractivity contribution in [1.82, 2.24) is 9.97 Å². The molecule has 0 saturated carbocycles. The number of aromatic nitrogens is 2. The lowest BCUT2D eigenvalue weighted by Gasteiger charge is -2.07. The molecule has 2 N–H and O–H groups in total. The van der Waals surface area contributed by atoms with Gasteiger partial charge in [-0.1, -0.05) is 12.1 Å². The van der Waals surface area contributed by atoms with Gasteiger partial charge in [0.25, 0.3) is 5.91 Å². The van der Waals surface area contributed by atoms with Gasteiger partial charge in [-0.3, -0.25) is 4.79 Å². The first-order valence-corrected chi connectivity index (χ1v) is 10.9. The van der Waals surface area contributed by atoms with Crippen molar-refractivity contribution in [3.63, 3.8) is 0 Å². The molecule has 5 heteroatoms. The molecule has 4 aromatic rings. The maximum atomic E-state index is 12.5. The fourth-order valence-corrected chi connectivity index (χ4v) is 3.77. The van der Waals surface area contributed by atoms with Crippen LogP contribution in [-0.4, -0.2) is 22.1 Å². The monoisotopic (exact) mass is 401 g/mol. The van der Waals surface area contributed by atoms with Gasteiger partial charge in [0.1, 0.15) is 5.82 Å². The van der Waals surface area contributed by atoms with Gasteiger partial charge >= 0.3 is 0 Å². The van der Waals surface area contributed by atoms with E-state index in [-0.39, 0.29) is 5.91 Å². The zero-order valence-corrected chi connectivity index (χ0v) is 17.6. The summed E-state index contributed by atoms with van der Waals surface area (Å²) in [6.07, 6.45) is 2.07. The predicted octanol–water partition coefficient (Wildman–Crippen LogP) is 5.96. The van der Waals surface area contributed by atoms with E-state index in [0.29, 0.717) is 5.56 Å². The summed E-state index contributed by atoms with van der Waals surface area (Å²) in [6.45, 7) is 4.19. The molecule has 1 aromatic heterocycles. The van der Waals surface area contributed by atoms with E-state index in [2.05, 4.69) is 42.5 Å². The van der Waals surface area contributed by atoms with E-state index < -0.39 is 0 Å². The van der Waals surface area contributed by atoms with Crippen LogP contribution in [0.15, 0.2) is 60.7 Å². The Balaban J connectivity index is 1.49. The Morgan fingerprint density at radius 1 is 1.00 bits per heavy atom. The Morgan fingerprint density at radius 3 is 2.38 bits per heavy atom. The Morgan fingerprint density at radius 2 is 1.69 bits per heavy atom. The summed E-state index contributed by atoms with van der Waals surface area (Å²) in [5, 5.41) is 2.96. The number of carbonyl (C=O) groups is 1. The predicted molar refractivity (Wildman–Crippen MR) is 123 cm³/mol. The molecule has 29 heavy (non-hydrogen) atoms. The molecule has 0 unspecified atom stereocenters. The number of benzene rings is 3. The number of nitrogens with one attached hydrogen (secondary N) is 2. The summed E-state index contributed by atoms with van der Waals surface area (Å²) in [7, 11) is 0. The maximum Gasteiger partial charge on any atom is 0.255 e. The second kappa shape index (κ2) is 8.13. The minimum atomic E-state index is -0.108. The zero-order chi connectivity index (χ0) is 20.4. The van der Waals surface area contributed by atoms with Gasteiger partial charge in [-0.2, -0.15) is 11.8 Å². The number of anilines is 1. The quantitative estimate of drug-likeness (QED) is 0.434. The van der Waals surface area contributed by atoms with Crippen LogP contribution in [0.3, 0.4) is 0 Å². The van der Waals surface area contributed by atoms with Crippen LogP contribution in [-0.2, 0) is 5.75 Å². The molecule has 0 radical (unpaired) electrons. The van der Waals surface area contributed by atoms with Crippen molar-refractivity contribution in [1.29, 1.82) is 0 Å². The average molecular weight is 402 g/mol. The molecule has 0 aliphatic carbocycles. The van der Waals surface area contributed by atoms with Crippen molar-refractivity contribution in [2.45, 2.75) is 19.6 Å². The molecule has 0 atom stereocenters. The first-order chi connectivity index (χ1) is 14.0. The van der Waals surface area contributed by atoms with Crippen molar-refractivity contribution < 1.29 is 4.79 Å². The third kappa shape index (κ3) is 4.20. The number of H-pyrrole nitrogens is 1. The van der Waals surface area contributed by atoms with Gasteiger partial charge in [0, 0.05) is 22.6 Å². The van der Waals surface area contributed by atoms with Gasteiger partial charge in [0.2, 0.25) is 0 Å². The van der Waals surface area contributed by atoms with Crippen LogP contribution in [0.25, 0.3) is 22.4 Å². The SMILES string of the molecule is CSCc1ccc(C(=O)Nc2ccc(-c3nc4cc(C)c(C)cc4[nH]3)cc2)cc1. The van der Waals surface area contributed by atoms with E-state index in [1.807, 2.05) is 48.5 Å². The third-order valence-corrected chi connectivity index (χ3v) is 5.66. The van der Waals surface area contributed by atoms with Crippen LogP contribution in [0, 0.1) is 13.8 Å². The highest BCUT2D eigenvalue weighted by atomic mass is 32.2. The van der Waals surface area contributed by atoms with Gasteiger partial charge in [-0.05, 0) is 85.3 Å². The summed E-state index contributed by atoms with van der Waals surface area (Å²) >= 11 is 1.77. The molecule has 0 aliphatic rings. The molecule has 0 aliphatic heterocycles. The minimum absolute atomic E-state index is 0.108. The minimum Gasteiger partial charge on any atom is -0.338 e. The normalized spacial score (nSPS) is 11.0. The summed E-state index contributed by atoms with van der Waals surface area (Å²) in [5.74, 6) is 1.67. The lowest BCUT2D eigenvalue weighted by Crippen LogP contribution is -2.11. The number of aryl methyl sites for hydroxylation is 2. The highest BCUT2D eigenvalue weighted by molar-refractivity contribution is 7.97. The van der Waals surface area contributed by atoms with Gasteiger partial charge in [0.15, 0.2) is 0 Å². The second-order valence-corrected chi connectivity index (χ2v) is 8.07. The van der Waals surface area contributed by atoms with Crippen LogP contribution < -0.4 is 5.32 Å². The molecule has 1 heterocycles. The average Bonchev–Trinajstić information content (AvgIpc) is 3.12. The fourth-order valence-electron chi connectivity index (χ4n) is 3.24. The standard InChI is InChI=1S/C24H23N3OS/c1-15-12-21-22(13-16(15)2)27-23(26-21)18-8-10-20(11-9-18)25-24(28)19-6-4-17(5-7-19)14-29-3/h4-13H,14H2,1-3H3,(H,25,28)(H,26,27). The molecule has 0 fully saturated rings. The highest BCUT2D eigenvalue weighted by Gasteiger charge is 2.09. The van der Waals surface area contributed by atoms with Crippen molar-refractivity contribution >= 4 is 34.4 Å². The molecule has 0 spiro atoms. The van der Waals surface area contributed by atoms with E-state index in [9.17, 15) is 4.79 Å². The van der Waals surface area contributed by atoms with E-state index in [1.54, 1.807) is 11.8 Å². The number of thioether (sulfide) groups is 1. The zero-order valence-electron chi connectivity index (χ0n) is 16.7. The number of imidazole rings is 1. The molecular weight excluding hydrogens is 378 g/mol. The lowest BCUT2D eigenvalue weighted by atomic mass is 10.1. The molecule has 0 saturated heterocycles. The number of fused-ring (bicyclic) bond motifs is 1. The lowest BCUT2D eigenvalue weighted by molar-refractivity contribution is 0.102. The molecule has 0 bridgehead atoms. The van der Waals surface area contributed by atoms with Crippen LogP contribution >= 0.6 is 11.8 Å². The molecule has 4 nitrogen and oxygen atoms in total.